The molecule has 12 heteroatoms. The highest BCUT2D eigenvalue weighted by Gasteiger charge is 2.45. The highest BCUT2D eigenvalue weighted by molar-refractivity contribution is 6.10. The number of carboxylic acids is 1. The van der Waals surface area contributed by atoms with Crippen molar-refractivity contribution in [2.75, 3.05) is 38.6 Å². The number of hydrogen-bond acceptors (Lipinski definition) is 6. The van der Waals surface area contributed by atoms with Gasteiger partial charge >= 0.3 is 24.1 Å². The number of anilines is 1. The number of aliphatic carboxylic acids is 1. The van der Waals surface area contributed by atoms with Crippen molar-refractivity contribution < 1.29 is 34.1 Å². The second-order valence-corrected chi connectivity index (χ2v) is 10.2. The Bertz CT molecular complexity index is 1320. The van der Waals surface area contributed by atoms with Crippen molar-refractivity contribution in [1.29, 1.82) is 0 Å². The Morgan fingerprint density at radius 3 is 2.44 bits per heavy atom. The molecule has 0 aromatic heterocycles. The lowest BCUT2D eigenvalue weighted by Crippen LogP contribution is -2.48. The van der Waals surface area contributed by atoms with Crippen molar-refractivity contribution in [3.8, 4) is 5.75 Å². The molecule has 4 rings (SSSR count). The van der Waals surface area contributed by atoms with Crippen LogP contribution in [0.4, 0.5) is 20.1 Å². The molecule has 0 spiro atoms. The maximum absolute atomic E-state index is 12.5. The lowest BCUT2D eigenvalue weighted by atomic mass is 9.87. The van der Waals surface area contributed by atoms with Crippen LogP contribution in [0.25, 0.3) is 0 Å². The van der Waals surface area contributed by atoms with E-state index in [9.17, 15) is 29.4 Å². The highest BCUT2D eigenvalue weighted by Crippen LogP contribution is 2.35. The fourth-order valence-electron chi connectivity index (χ4n) is 5.49. The van der Waals surface area contributed by atoms with Gasteiger partial charge in [-0.1, -0.05) is 24.3 Å². The van der Waals surface area contributed by atoms with E-state index in [0.29, 0.717) is 23.0 Å². The van der Waals surface area contributed by atoms with Crippen LogP contribution in [0, 0.1) is 5.92 Å². The summed E-state index contributed by atoms with van der Waals surface area (Å²) < 4.78 is 5.34. The summed E-state index contributed by atoms with van der Waals surface area (Å²) in [5.41, 5.74) is 1.89. The predicted molar refractivity (Wildman–Crippen MR) is 152 cm³/mol. The van der Waals surface area contributed by atoms with E-state index < -0.39 is 36.1 Å². The SMILES string of the molecule is COc1cccc(C2CCN(CCCNC(=O)Nc3cccc(C4C(C(=O)O)C(C)=NC(=O)N4C(=O)O)c3)CC2)c1. The molecule has 41 heavy (non-hydrogen) atoms. The molecule has 2 unspecified atom stereocenters. The molecule has 2 aliphatic rings. The minimum atomic E-state index is -1.61. The minimum Gasteiger partial charge on any atom is -0.497 e. The van der Waals surface area contributed by atoms with Crippen LogP contribution in [0.15, 0.2) is 53.5 Å². The molecule has 2 atom stereocenters. The van der Waals surface area contributed by atoms with E-state index in [-0.39, 0.29) is 11.3 Å². The first-order chi connectivity index (χ1) is 19.7. The molecule has 1 saturated heterocycles. The number of nitrogens with one attached hydrogen (secondary N) is 2. The van der Waals surface area contributed by atoms with Crippen LogP contribution in [0.5, 0.6) is 5.75 Å². The van der Waals surface area contributed by atoms with E-state index in [1.807, 2.05) is 12.1 Å². The van der Waals surface area contributed by atoms with Gasteiger partial charge in [-0.05, 0) is 87.1 Å². The zero-order valence-electron chi connectivity index (χ0n) is 23.1. The van der Waals surface area contributed by atoms with Crippen LogP contribution < -0.4 is 15.4 Å². The number of likely N-dealkylation sites (tertiary alicyclic amines) is 1. The molecule has 0 saturated carbocycles. The van der Waals surface area contributed by atoms with Gasteiger partial charge in [-0.2, -0.15) is 0 Å². The lowest BCUT2D eigenvalue weighted by molar-refractivity contribution is -0.141. The number of urea groups is 2. The zero-order valence-corrected chi connectivity index (χ0v) is 23.1. The number of benzene rings is 2. The van der Waals surface area contributed by atoms with Crippen molar-refractivity contribution in [2.24, 2.45) is 10.9 Å². The second kappa shape index (κ2) is 13.3. The van der Waals surface area contributed by atoms with Gasteiger partial charge < -0.3 is 30.5 Å². The minimum absolute atomic E-state index is 0.00521. The number of carbonyl (C=O) groups is 4. The Morgan fingerprint density at radius 1 is 1.05 bits per heavy atom. The molecular formula is C29H35N5O7. The molecule has 2 aromatic carbocycles. The van der Waals surface area contributed by atoms with E-state index in [1.54, 1.807) is 19.2 Å². The number of aliphatic imine (C=N–C) groups is 1. The average molecular weight is 566 g/mol. The van der Waals surface area contributed by atoms with Crippen molar-refractivity contribution >= 4 is 35.5 Å². The van der Waals surface area contributed by atoms with E-state index in [4.69, 9.17) is 4.74 Å². The maximum atomic E-state index is 12.5. The Hall–Kier alpha value is -4.45. The Balaban J connectivity index is 1.27. The van der Waals surface area contributed by atoms with Crippen LogP contribution in [0.2, 0.25) is 0 Å². The van der Waals surface area contributed by atoms with Gasteiger partial charge in [0.25, 0.3) is 0 Å². The predicted octanol–water partition coefficient (Wildman–Crippen LogP) is 4.40. The van der Waals surface area contributed by atoms with Gasteiger partial charge in [0.1, 0.15) is 11.7 Å². The zero-order chi connectivity index (χ0) is 29.5. The number of amides is 5. The fourth-order valence-corrected chi connectivity index (χ4v) is 5.49. The van der Waals surface area contributed by atoms with Crippen molar-refractivity contribution in [2.45, 2.75) is 38.1 Å². The molecule has 5 amide bonds. The molecule has 2 aliphatic heterocycles. The number of piperidine rings is 1. The third-order valence-electron chi connectivity index (χ3n) is 7.57. The van der Waals surface area contributed by atoms with E-state index in [2.05, 4.69) is 32.7 Å². The summed E-state index contributed by atoms with van der Waals surface area (Å²) in [5, 5.41) is 24.9. The number of carbonyl (C=O) groups excluding carboxylic acids is 2. The van der Waals surface area contributed by atoms with Gasteiger partial charge in [0.05, 0.1) is 13.2 Å². The summed E-state index contributed by atoms with van der Waals surface area (Å²) in [6.45, 7) is 4.67. The number of nitrogens with zero attached hydrogens (tertiary/aromatic N) is 3. The molecule has 2 heterocycles. The number of carboxylic acid groups (broad SMARTS) is 2. The van der Waals surface area contributed by atoms with E-state index in [0.717, 1.165) is 44.6 Å². The molecule has 1 fully saturated rings. The average Bonchev–Trinajstić information content (AvgIpc) is 2.95. The topological polar surface area (TPSA) is 161 Å². The molecule has 0 bridgehead atoms. The van der Waals surface area contributed by atoms with Gasteiger partial charge in [-0.15, -0.1) is 0 Å². The standard InChI is InChI=1S/C29H35N5O7/c1-18-24(26(35)36)25(34(29(39)40)28(38)31-18)21-7-3-8-22(16-21)32-27(37)30-12-5-13-33-14-10-19(11-15-33)20-6-4-9-23(17-20)41-2/h3-4,6-9,16-17,19,24-25H,5,10-15H2,1-2H3,(H,35,36)(H,39,40)(H2,30,32,37). The molecular weight excluding hydrogens is 530 g/mol. The molecule has 4 N–H and O–H groups in total. The number of imide groups is 1. The Morgan fingerprint density at radius 2 is 1.76 bits per heavy atom. The Kier molecular flexibility index (Phi) is 9.56. The quantitative estimate of drug-likeness (QED) is 0.325. The normalized spacial score (nSPS) is 19.8. The smallest absolute Gasteiger partial charge is 0.416 e. The highest BCUT2D eigenvalue weighted by atomic mass is 16.5. The summed E-state index contributed by atoms with van der Waals surface area (Å²) in [5.74, 6) is -1.28. The summed E-state index contributed by atoms with van der Waals surface area (Å²) >= 11 is 0. The van der Waals surface area contributed by atoms with Gasteiger partial charge in [0.2, 0.25) is 0 Å². The third kappa shape index (κ3) is 7.20. The summed E-state index contributed by atoms with van der Waals surface area (Å²) in [7, 11) is 1.68. The molecule has 2 aromatic rings. The number of methoxy groups -OCH3 is 1. The van der Waals surface area contributed by atoms with Crippen LogP contribution >= 0.6 is 0 Å². The van der Waals surface area contributed by atoms with Gasteiger partial charge in [0, 0.05) is 17.9 Å². The first kappa shape index (κ1) is 29.5. The molecule has 218 valence electrons. The Labute approximate surface area is 238 Å². The number of ether oxygens (including phenoxy) is 1. The van der Waals surface area contributed by atoms with Gasteiger partial charge in [-0.3, -0.25) is 4.79 Å². The van der Waals surface area contributed by atoms with Gasteiger partial charge in [0.15, 0.2) is 0 Å². The first-order valence-electron chi connectivity index (χ1n) is 13.5. The lowest BCUT2D eigenvalue weighted by Gasteiger charge is -2.34. The van der Waals surface area contributed by atoms with Crippen molar-refractivity contribution in [1.82, 2.24) is 15.1 Å². The largest absolute Gasteiger partial charge is 0.497 e. The van der Waals surface area contributed by atoms with E-state index >= 15 is 0 Å². The number of rotatable bonds is 9. The summed E-state index contributed by atoms with van der Waals surface area (Å²) in [4.78, 5) is 55.0. The fraction of sp³-hybridized carbons (Fsp3) is 0.414. The first-order valence-corrected chi connectivity index (χ1v) is 13.5. The van der Waals surface area contributed by atoms with Crippen LogP contribution in [0.3, 0.4) is 0 Å². The second-order valence-electron chi connectivity index (χ2n) is 10.2. The molecule has 0 radical (unpaired) electrons. The summed E-state index contributed by atoms with van der Waals surface area (Å²) in [6.07, 6.45) is 1.30. The third-order valence-corrected chi connectivity index (χ3v) is 7.57. The van der Waals surface area contributed by atoms with E-state index in [1.165, 1.54) is 24.6 Å². The van der Waals surface area contributed by atoms with Crippen LogP contribution in [-0.4, -0.2) is 83.1 Å². The van der Waals surface area contributed by atoms with Crippen molar-refractivity contribution in [3.05, 3.63) is 59.7 Å². The van der Waals surface area contributed by atoms with Crippen LogP contribution in [-0.2, 0) is 4.79 Å². The molecule has 12 nitrogen and oxygen atoms in total. The molecule has 0 aliphatic carbocycles. The van der Waals surface area contributed by atoms with Crippen molar-refractivity contribution in [3.63, 3.8) is 0 Å². The monoisotopic (exact) mass is 565 g/mol. The summed E-state index contributed by atoms with van der Waals surface area (Å²) in [6, 6.07) is 11.6. The maximum Gasteiger partial charge on any atom is 0.416 e. The van der Waals surface area contributed by atoms with Crippen LogP contribution in [0.1, 0.15) is 49.3 Å². The number of hydrogen-bond donors (Lipinski definition) is 4. The van der Waals surface area contributed by atoms with Gasteiger partial charge in [-0.25, -0.2) is 24.3 Å².